The number of rotatable bonds is 7. The smallest absolute Gasteiger partial charge is 0.287 e. The maximum atomic E-state index is 12.7. The van der Waals surface area contributed by atoms with Gasteiger partial charge in [-0.3, -0.25) is 4.79 Å². The first-order valence-corrected chi connectivity index (χ1v) is 10.3. The van der Waals surface area contributed by atoms with Crippen LogP contribution in [0.15, 0.2) is 28.7 Å². The Hall–Kier alpha value is -1.46. The average molecular weight is 361 g/mol. The lowest BCUT2D eigenvalue weighted by Crippen LogP contribution is -2.37. The van der Waals surface area contributed by atoms with Gasteiger partial charge in [-0.2, -0.15) is 11.8 Å². The Kier molecular flexibility index (Phi) is 6.43. The number of para-hydroxylation sites is 1. The van der Waals surface area contributed by atoms with Crippen molar-refractivity contribution in [3.05, 3.63) is 35.6 Å². The van der Waals surface area contributed by atoms with E-state index in [0.29, 0.717) is 17.6 Å². The number of hydrogen-bond donors (Lipinski definition) is 2. The van der Waals surface area contributed by atoms with E-state index in [1.807, 2.05) is 43.9 Å². The number of benzene rings is 1. The van der Waals surface area contributed by atoms with E-state index in [0.717, 1.165) is 22.3 Å². The molecular formula is C20H28N2O2S. The molecule has 1 aromatic heterocycles. The van der Waals surface area contributed by atoms with Crippen molar-refractivity contribution in [2.75, 3.05) is 13.6 Å². The summed E-state index contributed by atoms with van der Waals surface area (Å²) >= 11 is 1.98. The minimum absolute atomic E-state index is 0.113. The van der Waals surface area contributed by atoms with E-state index >= 15 is 0 Å². The van der Waals surface area contributed by atoms with Crippen molar-refractivity contribution in [1.82, 2.24) is 10.6 Å². The summed E-state index contributed by atoms with van der Waals surface area (Å²) in [7, 11) is 1.89. The Morgan fingerprint density at radius 3 is 2.80 bits per heavy atom. The van der Waals surface area contributed by atoms with Crippen LogP contribution >= 0.6 is 11.8 Å². The van der Waals surface area contributed by atoms with Gasteiger partial charge in [0.1, 0.15) is 5.58 Å². The molecule has 1 heterocycles. The molecule has 0 spiro atoms. The second-order valence-corrected chi connectivity index (χ2v) is 8.17. The van der Waals surface area contributed by atoms with Crippen molar-refractivity contribution in [3.8, 4) is 0 Å². The molecular weight excluding hydrogens is 332 g/mol. The zero-order valence-electron chi connectivity index (χ0n) is 15.1. The fourth-order valence-corrected chi connectivity index (χ4v) is 4.64. The van der Waals surface area contributed by atoms with E-state index in [9.17, 15) is 4.79 Å². The number of hydrogen-bond acceptors (Lipinski definition) is 4. The van der Waals surface area contributed by atoms with Crippen LogP contribution < -0.4 is 10.6 Å². The minimum Gasteiger partial charge on any atom is -0.451 e. The fourth-order valence-electron chi connectivity index (χ4n) is 3.29. The Morgan fingerprint density at radius 2 is 2.04 bits per heavy atom. The van der Waals surface area contributed by atoms with Gasteiger partial charge in [-0.25, -0.2) is 0 Å². The van der Waals surface area contributed by atoms with E-state index in [1.165, 1.54) is 32.1 Å². The number of carbonyl (C=O) groups excluding carboxylic acids is 1. The highest BCUT2D eigenvalue weighted by Gasteiger charge is 2.22. The standard InChI is InChI=1S/C20H28N2O2S/c1-14(21-2)12-22-20(23)19-17(13-25-15-8-4-3-5-9-15)16-10-6-7-11-18(16)24-19/h6-7,10-11,14-15,21H,3-5,8-9,12-13H2,1-2H3,(H,22,23). The van der Waals surface area contributed by atoms with E-state index in [-0.39, 0.29) is 11.9 Å². The number of fused-ring (bicyclic) bond motifs is 1. The molecule has 2 N–H and O–H groups in total. The number of amides is 1. The Balaban J connectivity index is 1.77. The number of furan rings is 1. The summed E-state index contributed by atoms with van der Waals surface area (Å²) in [6.07, 6.45) is 6.62. The summed E-state index contributed by atoms with van der Waals surface area (Å²) in [5, 5.41) is 7.89. The largest absolute Gasteiger partial charge is 0.451 e. The van der Waals surface area contributed by atoms with Crippen LogP contribution in [0.4, 0.5) is 0 Å². The summed E-state index contributed by atoms with van der Waals surface area (Å²) < 4.78 is 5.92. The van der Waals surface area contributed by atoms with E-state index < -0.39 is 0 Å². The van der Waals surface area contributed by atoms with Crippen molar-refractivity contribution in [1.29, 1.82) is 0 Å². The highest BCUT2D eigenvalue weighted by molar-refractivity contribution is 7.99. The molecule has 1 atom stereocenters. The van der Waals surface area contributed by atoms with Crippen molar-refractivity contribution < 1.29 is 9.21 Å². The van der Waals surface area contributed by atoms with Crippen molar-refractivity contribution in [2.24, 2.45) is 0 Å². The van der Waals surface area contributed by atoms with Crippen LogP contribution in [0.3, 0.4) is 0 Å². The minimum atomic E-state index is -0.113. The first-order chi connectivity index (χ1) is 12.2. The molecule has 1 aromatic carbocycles. The quantitative estimate of drug-likeness (QED) is 0.771. The highest BCUT2D eigenvalue weighted by Crippen LogP contribution is 2.34. The maximum absolute atomic E-state index is 12.7. The van der Waals surface area contributed by atoms with Gasteiger partial charge in [0.2, 0.25) is 0 Å². The Labute approximate surface area is 154 Å². The topological polar surface area (TPSA) is 54.3 Å². The predicted molar refractivity (Wildman–Crippen MR) is 105 cm³/mol. The van der Waals surface area contributed by atoms with Crippen LogP contribution in [0, 0.1) is 0 Å². The molecule has 1 aliphatic carbocycles. The highest BCUT2D eigenvalue weighted by atomic mass is 32.2. The monoisotopic (exact) mass is 360 g/mol. The molecule has 3 rings (SSSR count). The third-order valence-electron chi connectivity index (χ3n) is 4.98. The Bertz CT molecular complexity index is 707. The van der Waals surface area contributed by atoms with Gasteiger partial charge in [-0.05, 0) is 32.9 Å². The first kappa shape index (κ1) is 18.3. The van der Waals surface area contributed by atoms with Crippen molar-refractivity contribution in [3.63, 3.8) is 0 Å². The van der Waals surface area contributed by atoms with Crippen LogP contribution in [0.1, 0.15) is 55.1 Å². The summed E-state index contributed by atoms with van der Waals surface area (Å²) in [6.45, 7) is 2.63. The number of carbonyl (C=O) groups is 1. The molecule has 1 amide bonds. The van der Waals surface area contributed by atoms with Crippen LogP contribution in [-0.4, -0.2) is 30.8 Å². The molecule has 0 saturated heterocycles. The second kappa shape index (κ2) is 8.77. The lowest BCUT2D eigenvalue weighted by Gasteiger charge is -2.20. The molecule has 5 heteroatoms. The third-order valence-corrected chi connectivity index (χ3v) is 6.38. The summed E-state index contributed by atoms with van der Waals surface area (Å²) in [5.41, 5.74) is 1.84. The molecule has 136 valence electrons. The average Bonchev–Trinajstić information content (AvgIpc) is 3.03. The number of nitrogens with one attached hydrogen (secondary N) is 2. The van der Waals surface area contributed by atoms with Gasteiger partial charge in [0.25, 0.3) is 5.91 Å². The molecule has 4 nitrogen and oxygen atoms in total. The van der Waals surface area contributed by atoms with Crippen LogP contribution in [0.5, 0.6) is 0 Å². The lowest BCUT2D eigenvalue weighted by molar-refractivity contribution is 0.0924. The summed E-state index contributed by atoms with van der Waals surface area (Å²) in [6, 6.07) is 8.19. The summed E-state index contributed by atoms with van der Waals surface area (Å²) in [5.74, 6) is 1.21. The van der Waals surface area contributed by atoms with Gasteiger partial charge in [0.05, 0.1) is 0 Å². The van der Waals surface area contributed by atoms with E-state index in [1.54, 1.807) is 0 Å². The van der Waals surface area contributed by atoms with Gasteiger partial charge < -0.3 is 15.1 Å². The molecule has 25 heavy (non-hydrogen) atoms. The molecule has 1 fully saturated rings. The second-order valence-electron chi connectivity index (χ2n) is 6.88. The lowest BCUT2D eigenvalue weighted by atomic mass is 10.0. The molecule has 0 radical (unpaired) electrons. The molecule has 0 bridgehead atoms. The van der Waals surface area contributed by atoms with Gasteiger partial charge in [0, 0.05) is 34.5 Å². The first-order valence-electron chi connectivity index (χ1n) is 9.26. The zero-order valence-corrected chi connectivity index (χ0v) is 16.0. The summed E-state index contributed by atoms with van der Waals surface area (Å²) in [4.78, 5) is 12.7. The molecule has 2 aromatic rings. The van der Waals surface area contributed by atoms with Gasteiger partial charge in [-0.15, -0.1) is 0 Å². The molecule has 1 saturated carbocycles. The van der Waals surface area contributed by atoms with Gasteiger partial charge in [-0.1, -0.05) is 37.5 Å². The van der Waals surface area contributed by atoms with E-state index in [2.05, 4.69) is 16.7 Å². The predicted octanol–water partition coefficient (Wildman–Crippen LogP) is 4.34. The SMILES string of the molecule is CNC(C)CNC(=O)c1oc2ccccc2c1CSC1CCCCC1. The molecule has 1 aliphatic rings. The zero-order chi connectivity index (χ0) is 17.6. The number of thioether (sulfide) groups is 1. The van der Waals surface area contributed by atoms with Crippen LogP contribution in [-0.2, 0) is 5.75 Å². The maximum Gasteiger partial charge on any atom is 0.287 e. The van der Waals surface area contributed by atoms with Crippen molar-refractivity contribution in [2.45, 2.75) is 56.1 Å². The van der Waals surface area contributed by atoms with Crippen molar-refractivity contribution >= 4 is 28.6 Å². The van der Waals surface area contributed by atoms with Gasteiger partial charge >= 0.3 is 0 Å². The third kappa shape index (κ3) is 4.59. The normalized spacial score (nSPS) is 16.9. The number of likely N-dealkylation sites (N-methyl/N-ethyl adjacent to an activating group) is 1. The van der Waals surface area contributed by atoms with Crippen LogP contribution in [0.25, 0.3) is 11.0 Å². The molecule has 1 unspecified atom stereocenters. The van der Waals surface area contributed by atoms with E-state index in [4.69, 9.17) is 4.42 Å². The Morgan fingerprint density at radius 1 is 1.28 bits per heavy atom. The fraction of sp³-hybridized carbons (Fsp3) is 0.550. The van der Waals surface area contributed by atoms with Crippen LogP contribution in [0.2, 0.25) is 0 Å². The molecule has 0 aliphatic heterocycles. The van der Waals surface area contributed by atoms with Gasteiger partial charge in [0.15, 0.2) is 5.76 Å².